The number of amides is 1. The molecule has 6 heteroatoms. The number of hydrogen-bond donors (Lipinski definition) is 0. The first-order chi connectivity index (χ1) is 14.4. The molecule has 30 heavy (non-hydrogen) atoms. The molecule has 0 spiro atoms. The smallest absolute Gasteiger partial charge is 0.295 e. The minimum Gasteiger partial charge on any atom is -0.450 e. The molecule has 4 aromatic rings. The predicted octanol–water partition coefficient (Wildman–Crippen LogP) is 5.75. The van der Waals surface area contributed by atoms with Gasteiger partial charge in [-0.2, -0.15) is 0 Å². The Hall–Kier alpha value is -3.25. The van der Waals surface area contributed by atoms with Crippen LogP contribution in [0.4, 0.5) is 10.1 Å². The lowest BCUT2D eigenvalue weighted by molar-refractivity contribution is 0.0971. The monoisotopic (exact) mass is 463 g/mol. The number of rotatable bonds is 2. The minimum absolute atomic E-state index is 0.00685. The van der Waals surface area contributed by atoms with Gasteiger partial charge in [0.1, 0.15) is 11.4 Å². The fraction of sp³-hybridized carbons (Fsp3) is 0.0833. The third kappa shape index (κ3) is 2.87. The summed E-state index contributed by atoms with van der Waals surface area (Å²) < 4.78 is 20.5. The van der Waals surface area contributed by atoms with Crippen LogP contribution in [0.25, 0.3) is 11.0 Å². The van der Waals surface area contributed by atoms with E-state index in [1.807, 2.05) is 43.3 Å². The van der Waals surface area contributed by atoms with Gasteiger partial charge in [-0.05, 0) is 55.0 Å². The van der Waals surface area contributed by atoms with Crippen molar-refractivity contribution in [3.63, 3.8) is 0 Å². The van der Waals surface area contributed by atoms with Gasteiger partial charge in [0, 0.05) is 10.2 Å². The SMILES string of the molecule is Cc1ccc(C2c3c(oc4ccc(F)cc4c3=O)C(=O)N2c2ccc(Br)cc2)cc1. The van der Waals surface area contributed by atoms with Gasteiger partial charge in [0.05, 0.1) is 17.0 Å². The summed E-state index contributed by atoms with van der Waals surface area (Å²) in [6, 6.07) is 18.0. The van der Waals surface area contributed by atoms with E-state index in [0.29, 0.717) is 5.69 Å². The lowest BCUT2D eigenvalue weighted by Crippen LogP contribution is -2.29. The molecular formula is C24H15BrFNO3. The van der Waals surface area contributed by atoms with Gasteiger partial charge in [-0.1, -0.05) is 45.8 Å². The summed E-state index contributed by atoms with van der Waals surface area (Å²) in [4.78, 5) is 28.3. The Kier molecular flexibility index (Phi) is 4.33. The Labute approximate surface area is 179 Å². The van der Waals surface area contributed by atoms with Crippen LogP contribution < -0.4 is 10.3 Å². The van der Waals surface area contributed by atoms with Crippen molar-refractivity contribution in [1.82, 2.24) is 0 Å². The van der Waals surface area contributed by atoms with Crippen LogP contribution in [0.2, 0.25) is 0 Å². The standard InChI is InChI=1S/C24H15BrFNO3/c1-13-2-4-14(5-3-13)21-20-22(28)18-12-16(26)8-11-19(18)30-23(20)24(29)27(21)17-9-6-15(25)7-10-17/h2-12,21H,1H3. The van der Waals surface area contributed by atoms with Crippen molar-refractivity contribution in [1.29, 1.82) is 0 Å². The molecular weight excluding hydrogens is 449 g/mol. The van der Waals surface area contributed by atoms with Gasteiger partial charge in [0.25, 0.3) is 5.91 Å². The van der Waals surface area contributed by atoms with Crippen molar-refractivity contribution in [2.24, 2.45) is 0 Å². The molecule has 4 nitrogen and oxygen atoms in total. The van der Waals surface area contributed by atoms with E-state index in [1.165, 1.54) is 12.1 Å². The summed E-state index contributed by atoms with van der Waals surface area (Å²) in [5.74, 6) is -0.940. The van der Waals surface area contributed by atoms with E-state index >= 15 is 0 Å². The number of anilines is 1. The summed E-state index contributed by atoms with van der Waals surface area (Å²) >= 11 is 3.41. The molecule has 1 unspecified atom stereocenters. The molecule has 0 saturated heterocycles. The van der Waals surface area contributed by atoms with Crippen molar-refractivity contribution in [3.05, 3.63) is 110 Å². The molecule has 2 heterocycles. The second-order valence-corrected chi connectivity index (χ2v) is 8.19. The van der Waals surface area contributed by atoms with Crippen LogP contribution in [0, 0.1) is 12.7 Å². The lowest BCUT2D eigenvalue weighted by Gasteiger charge is -2.25. The van der Waals surface area contributed by atoms with E-state index in [4.69, 9.17) is 4.42 Å². The maximum atomic E-state index is 13.8. The molecule has 1 atom stereocenters. The second kappa shape index (κ2) is 6.92. The van der Waals surface area contributed by atoms with Gasteiger partial charge < -0.3 is 4.42 Å². The van der Waals surface area contributed by atoms with Crippen LogP contribution in [-0.4, -0.2) is 5.91 Å². The first-order valence-electron chi connectivity index (χ1n) is 9.36. The average molecular weight is 464 g/mol. The fourth-order valence-electron chi connectivity index (χ4n) is 3.88. The van der Waals surface area contributed by atoms with E-state index in [-0.39, 0.29) is 22.3 Å². The molecule has 0 saturated carbocycles. The van der Waals surface area contributed by atoms with E-state index in [2.05, 4.69) is 15.9 Å². The van der Waals surface area contributed by atoms with Crippen molar-refractivity contribution >= 4 is 38.5 Å². The van der Waals surface area contributed by atoms with Crippen molar-refractivity contribution in [3.8, 4) is 0 Å². The third-order valence-electron chi connectivity index (χ3n) is 5.33. The highest BCUT2D eigenvalue weighted by Gasteiger charge is 2.43. The van der Waals surface area contributed by atoms with Crippen LogP contribution in [-0.2, 0) is 0 Å². The summed E-state index contributed by atoms with van der Waals surface area (Å²) in [5.41, 5.74) is 2.49. The van der Waals surface area contributed by atoms with Crippen LogP contribution in [0.15, 0.2) is 80.4 Å². The number of benzene rings is 3. The van der Waals surface area contributed by atoms with Crippen molar-refractivity contribution < 1.29 is 13.6 Å². The van der Waals surface area contributed by atoms with Crippen LogP contribution in [0.3, 0.4) is 0 Å². The van der Waals surface area contributed by atoms with E-state index in [1.54, 1.807) is 17.0 Å². The zero-order chi connectivity index (χ0) is 21.0. The van der Waals surface area contributed by atoms with E-state index < -0.39 is 23.2 Å². The molecule has 0 aliphatic carbocycles. The molecule has 1 aliphatic rings. The summed E-state index contributed by atoms with van der Waals surface area (Å²) in [6.45, 7) is 1.97. The highest BCUT2D eigenvalue weighted by molar-refractivity contribution is 9.10. The Morgan fingerprint density at radius 2 is 1.67 bits per heavy atom. The van der Waals surface area contributed by atoms with Crippen molar-refractivity contribution in [2.75, 3.05) is 4.90 Å². The minimum atomic E-state index is -0.668. The normalized spacial score (nSPS) is 15.6. The van der Waals surface area contributed by atoms with Gasteiger partial charge in [-0.15, -0.1) is 0 Å². The Bertz CT molecular complexity index is 1360. The Morgan fingerprint density at radius 3 is 2.37 bits per heavy atom. The first kappa shape index (κ1) is 18.8. The van der Waals surface area contributed by atoms with Gasteiger partial charge in [0.15, 0.2) is 5.43 Å². The number of halogens is 2. The number of aryl methyl sites for hydroxylation is 1. The molecule has 0 fully saturated rings. The molecule has 0 radical (unpaired) electrons. The summed E-state index contributed by atoms with van der Waals surface area (Å²) in [7, 11) is 0. The van der Waals surface area contributed by atoms with Gasteiger partial charge in [0.2, 0.25) is 5.76 Å². The second-order valence-electron chi connectivity index (χ2n) is 7.28. The predicted molar refractivity (Wildman–Crippen MR) is 116 cm³/mol. The van der Waals surface area contributed by atoms with Gasteiger partial charge in [-0.3, -0.25) is 14.5 Å². The van der Waals surface area contributed by atoms with Crippen LogP contribution in [0.1, 0.15) is 33.3 Å². The molecule has 3 aromatic carbocycles. The number of fused-ring (bicyclic) bond motifs is 2. The maximum Gasteiger partial charge on any atom is 0.295 e. The van der Waals surface area contributed by atoms with Crippen LogP contribution in [0.5, 0.6) is 0 Å². The molecule has 1 amide bonds. The number of hydrogen-bond acceptors (Lipinski definition) is 3. The van der Waals surface area contributed by atoms with E-state index in [0.717, 1.165) is 21.7 Å². The quantitative estimate of drug-likeness (QED) is 0.380. The van der Waals surface area contributed by atoms with Gasteiger partial charge >= 0.3 is 0 Å². The zero-order valence-corrected chi connectivity index (χ0v) is 17.4. The number of carbonyl (C=O) groups is 1. The molecule has 1 aliphatic heterocycles. The average Bonchev–Trinajstić information content (AvgIpc) is 3.03. The molecule has 1 aromatic heterocycles. The Balaban J connectivity index is 1.81. The largest absolute Gasteiger partial charge is 0.450 e. The van der Waals surface area contributed by atoms with Crippen LogP contribution >= 0.6 is 15.9 Å². The highest BCUT2D eigenvalue weighted by atomic mass is 79.9. The molecule has 148 valence electrons. The lowest BCUT2D eigenvalue weighted by atomic mass is 9.97. The Morgan fingerprint density at radius 1 is 0.967 bits per heavy atom. The highest BCUT2D eigenvalue weighted by Crippen LogP contribution is 2.41. The molecule has 0 bridgehead atoms. The molecule has 5 rings (SSSR count). The topological polar surface area (TPSA) is 50.5 Å². The third-order valence-corrected chi connectivity index (χ3v) is 5.86. The summed E-state index contributed by atoms with van der Waals surface area (Å²) in [5, 5.41) is 0.122. The first-order valence-corrected chi connectivity index (χ1v) is 10.2. The van der Waals surface area contributed by atoms with Gasteiger partial charge in [-0.25, -0.2) is 4.39 Å². The fourth-order valence-corrected chi connectivity index (χ4v) is 4.14. The number of nitrogens with zero attached hydrogens (tertiary/aromatic N) is 1. The van der Waals surface area contributed by atoms with Crippen molar-refractivity contribution in [2.45, 2.75) is 13.0 Å². The zero-order valence-electron chi connectivity index (χ0n) is 15.9. The molecule has 0 N–H and O–H groups in total. The van der Waals surface area contributed by atoms with E-state index in [9.17, 15) is 14.0 Å². The summed E-state index contributed by atoms with van der Waals surface area (Å²) in [6.07, 6.45) is 0. The number of carbonyl (C=O) groups excluding carboxylic acids is 1. The maximum absolute atomic E-state index is 13.8.